The van der Waals surface area contributed by atoms with Crippen LogP contribution >= 0.6 is 11.3 Å². The molecule has 0 unspecified atom stereocenters. The van der Waals surface area contributed by atoms with Crippen LogP contribution in [0.5, 0.6) is 0 Å². The van der Waals surface area contributed by atoms with Crippen LogP contribution in [0, 0.1) is 6.92 Å². The fourth-order valence-corrected chi connectivity index (χ4v) is 2.38. The summed E-state index contributed by atoms with van der Waals surface area (Å²) in [6, 6.07) is 3.67. The molecule has 0 bridgehead atoms. The second-order valence-electron chi connectivity index (χ2n) is 4.33. The number of carbonyl (C=O) groups is 3. The van der Waals surface area contributed by atoms with E-state index in [4.69, 9.17) is 4.84 Å². The summed E-state index contributed by atoms with van der Waals surface area (Å²) in [4.78, 5) is 41.1. The first-order chi connectivity index (χ1) is 9.52. The van der Waals surface area contributed by atoms with Gasteiger partial charge in [0.1, 0.15) is 5.78 Å². The lowest BCUT2D eigenvalue weighted by Gasteiger charge is -2.03. The molecular weight excluding hydrogens is 278 g/mol. The standard InChI is InChI=1S/C14H19NO4S/c1-3-19-15-14(18)9-6-11(16)5-7-12(17)13-8-4-10(2)20-13/h4,8H,3,5-7,9H2,1-2H3,(H,15,18). The quantitative estimate of drug-likeness (QED) is 0.561. The molecule has 0 aromatic carbocycles. The van der Waals surface area contributed by atoms with Gasteiger partial charge < -0.3 is 0 Å². The number of carbonyl (C=O) groups excluding carboxylic acids is 3. The van der Waals surface area contributed by atoms with Gasteiger partial charge in [0.25, 0.3) is 0 Å². The highest BCUT2D eigenvalue weighted by atomic mass is 32.1. The molecule has 0 atom stereocenters. The van der Waals surface area contributed by atoms with Gasteiger partial charge in [-0.1, -0.05) is 0 Å². The highest BCUT2D eigenvalue weighted by Crippen LogP contribution is 2.17. The number of hydrogen-bond donors (Lipinski definition) is 1. The van der Waals surface area contributed by atoms with Gasteiger partial charge >= 0.3 is 0 Å². The highest BCUT2D eigenvalue weighted by Gasteiger charge is 2.12. The van der Waals surface area contributed by atoms with Crippen molar-refractivity contribution in [3.05, 3.63) is 21.9 Å². The van der Waals surface area contributed by atoms with Crippen molar-refractivity contribution in [3.63, 3.8) is 0 Å². The molecule has 0 saturated carbocycles. The summed E-state index contributed by atoms with van der Waals surface area (Å²) in [6.45, 7) is 4.07. The van der Waals surface area contributed by atoms with Crippen LogP contribution in [-0.2, 0) is 14.4 Å². The molecule has 0 aliphatic carbocycles. The molecule has 0 aliphatic heterocycles. The summed E-state index contributed by atoms with van der Waals surface area (Å²) in [5, 5.41) is 0. The molecule has 0 aliphatic rings. The predicted molar refractivity (Wildman–Crippen MR) is 76.6 cm³/mol. The van der Waals surface area contributed by atoms with Crippen molar-refractivity contribution in [1.29, 1.82) is 0 Å². The number of hydroxylamine groups is 1. The number of thiophene rings is 1. The maximum Gasteiger partial charge on any atom is 0.243 e. The molecule has 110 valence electrons. The van der Waals surface area contributed by atoms with Gasteiger partial charge in [0.05, 0.1) is 11.5 Å². The number of ketones is 2. The number of nitrogens with one attached hydrogen (secondary N) is 1. The van der Waals surface area contributed by atoms with Crippen LogP contribution in [0.1, 0.15) is 47.2 Å². The molecule has 1 N–H and O–H groups in total. The van der Waals surface area contributed by atoms with Gasteiger partial charge in [0, 0.05) is 30.6 Å². The Balaban J connectivity index is 2.23. The molecule has 1 rings (SSSR count). The van der Waals surface area contributed by atoms with Crippen molar-refractivity contribution in [2.75, 3.05) is 6.61 Å². The fourth-order valence-electron chi connectivity index (χ4n) is 1.54. The van der Waals surface area contributed by atoms with E-state index in [0.29, 0.717) is 11.5 Å². The molecule has 20 heavy (non-hydrogen) atoms. The maximum absolute atomic E-state index is 11.8. The molecular formula is C14H19NO4S. The zero-order valence-corrected chi connectivity index (χ0v) is 12.5. The summed E-state index contributed by atoms with van der Waals surface area (Å²) < 4.78 is 0. The van der Waals surface area contributed by atoms with Crippen molar-refractivity contribution in [2.24, 2.45) is 0 Å². The fraction of sp³-hybridized carbons (Fsp3) is 0.500. The zero-order chi connectivity index (χ0) is 15.0. The van der Waals surface area contributed by atoms with E-state index in [9.17, 15) is 14.4 Å². The smallest absolute Gasteiger partial charge is 0.243 e. The first kappa shape index (κ1) is 16.5. The topological polar surface area (TPSA) is 72.5 Å². The average Bonchev–Trinajstić information content (AvgIpc) is 2.86. The van der Waals surface area contributed by atoms with Gasteiger partial charge in [0.15, 0.2) is 5.78 Å². The third-order valence-electron chi connectivity index (χ3n) is 2.61. The lowest BCUT2D eigenvalue weighted by molar-refractivity contribution is -0.134. The summed E-state index contributed by atoms with van der Waals surface area (Å²) in [6.07, 6.45) is 0.602. The van der Waals surface area contributed by atoms with E-state index in [0.717, 1.165) is 4.88 Å². The summed E-state index contributed by atoms with van der Waals surface area (Å²) >= 11 is 1.43. The largest absolute Gasteiger partial charge is 0.300 e. The second kappa shape index (κ2) is 8.60. The van der Waals surface area contributed by atoms with Crippen molar-refractivity contribution < 1.29 is 19.2 Å². The van der Waals surface area contributed by atoms with E-state index in [1.807, 2.05) is 13.0 Å². The molecule has 1 amide bonds. The van der Waals surface area contributed by atoms with Gasteiger partial charge in [-0.15, -0.1) is 11.3 Å². The van der Waals surface area contributed by atoms with Gasteiger partial charge in [-0.3, -0.25) is 19.2 Å². The minimum absolute atomic E-state index is 0.0183. The van der Waals surface area contributed by atoms with E-state index in [1.54, 1.807) is 13.0 Å². The molecule has 0 fully saturated rings. The summed E-state index contributed by atoms with van der Waals surface area (Å²) in [7, 11) is 0. The van der Waals surface area contributed by atoms with Crippen molar-refractivity contribution >= 4 is 28.8 Å². The Labute approximate surface area is 122 Å². The number of amides is 1. The molecule has 6 heteroatoms. The van der Waals surface area contributed by atoms with Gasteiger partial charge in [-0.25, -0.2) is 5.48 Å². The van der Waals surface area contributed by atoms with Gasteiger partial charge in [-0.05, 0) is 26.0 Å². The van der Waals surface area contributed by atoms with Crippen molar-refractivity contribution in [3.8, 4) is 0 Å². The first-order valence-electron chi connectivity index (χ1n) is 6.55. The highest BCUT2D eigenvalue weighted by molar-refractivity contribution is 7.14. The van der Waals surface area contributed by atoms with Crippen LogP contribution in [-0.4, -0.2) is 24.1 Å². The molecule has 1 heterocycles. The molecule has 1 aromatic rings. The monoisotopic (exact) mass is 297 g/mol. The van der Waals surface area contributed by atoms with Crippen LogP contribution in [0.2, 0.25) is 0 Å². The number of hydrogen-bond acceptors (Lipinski definition) is 5. The zero-order valence-electron chi connectivity index (χ0n) is 11.7. The lowest BCUT2D eigenvalue weighted by atomic mass is 10.1. The summed E-state index contributed by atoms with van der Waals surface area (Å²) in [5.41, 5.74) is 2.22. The van der Waals surface area contributed by atoms with Crippen molar-refractivity contribution in [2.45, 2.75) is 39.5 Å². The molecule has 1 aromatic heterocycles. The minimum atomic E-state index is -0.319. The number of aryl methyl sites for hydroxylation is 1. The predicted octanol–water partition coefficient (Wildman–Crippen LogP) is 2.44. The Hall–Kier alpha value is -1.53. The number of rotatable bonds is 9. The average molecular weight is 297 g/mol. The number of Topliss-reactive ketones (excluding diaryl/α,β-unsaturated/α-hetero) is 2. The Morgan fingerprint density at radius 2 is 1.85 bits per heavy atom. The molecule has 5 nitrogen and oxygen atoms in total. The van der Waals surface area contributed by atoms with Gasteiger partial charge in [0.2, 0.25) is 5.91 Å². The van der Waals surface area contributed by atoms with Crippen LogP contribution in [0.4, 0.5) is 0 Å². The Kier molecular flexibility index (Phi) is 7.11. The third-order valence-corrected chi connectivity index (χ3v) is 3.65. The molecule has 0 radical (unpaired) electrons. The van der Waals surface area contributed by atoms with Crippen LogP contribution < -0.4 is 5.48 Å². The SMILES string of the molecule is CCONC(=O)CCC(=O)CCC(=O)c1ccc(C)s1. The van der Waals surface area contributed by atoms with Crippen LogP contribution in [0.15, 0.2) is 12.1 Å². The Morgan fingerprint density at radius 3 is 2.45 bits per heavy atom. The summed E-state index contributed by atoms with van der Waals surface area (Å²) in [5.74, 6) is -0.422. The van der Waals surface area contributed by atoms with E-state index >= 15 is 0 Å². The van der Waals surface area contributed by atoms with Crippen LogP contribution in [0.25, 0.3) is 0 Å². The normalized spacial score (nSPS) is 10.3. The Bertz CT molecular complexity index is 481. The van der Waals surface area contributed by atoms with Crippen molar-refractivity contribution in [1.82, 2.24) is 5.48 Å². The minimum Gasteiger partial charge on any atom is -0.300 e. The third kappa shape index (κ3) is 6.08. The van der Waals surface area contributed by atoms with E-state index in [-0.39, 0.29) is 43.2 Å². The first-order valence-corrected chi connectivity index (χ1v) is 7.36. The van der Waals surface area contributed by atoms with E-state index < -0.39 is 0 Å². The molecule has 0 spiro atoms. The van der Waals surface area contributed by atoms with Crippen LogP contribution in [0.3, 0.4) is 0 Å². The Morgan fingerprint density at radius 1 is 1.15 bits per heavy atom. The maximum atomic E-state index is 11.8. The van der Waals surface area contributed by atoms with E-state index in [1.165, 1.54) is 11.3 Å². The van der Waals surface area contributed by atoms with E-state index in [2.05, 4.69) is 5.48 Å². The second-order valence-corrected chi connectivity index (χ2v) is 5.62. The molecule has 0 saturated heterocycles. The van der Waals surface area contributed by atoms with Gasteiger partial charge in [-0.2, -0.15) is 0 Å². The lowest BCUT2D eigenvalue weighted by Crippen LogP contribution is -2.24.